The molecule has 0 saturated heterocycles. The third-order valence-electron chi connectivity index (χ3n) is 1.91. The fraction of sp³-hybridized carbons (Fsp3) is 0.333. The van der Waals surface area contributed by atoms with Crippen molar-refractivity contribution in [2.24, 2.45) is 0 Å². The minimum Gasteiger partial charge on any atom is -0.363 e. The van der Waals surface area contributed by atoms with E-state index in [-0.39, 0.29) is 0 Å². The normalized spacial score (nSPS) is 9.33. The molecule has 0 bridgehead atoms. The van der Waals surface area contributed by atoms with Gasteiger partial charge in [0.25, 0.3) is 0 Å². The fourth-order valence-electron chi connectivity index (χ4n) is 1.11. The van der Waals surface area contributed by atoms with Crippen LogP contribution in [0.4, 0.5) is 0 Å². The standard InChI is InChI=1S/C6H8N2.C6H9N/c1-5-3-4-6(2)8-7-5;1-5-3-4-6(2)7-5/h3-4H,1-2H3;3-4,7H,1-2H3. The molecule has 15 heavy (non-hydrogen) atoms. The van der Waals surface area contributed by atoms with Gasteiger partial charge in [-0.2, -0.15) is 10.2 Å². The third-order valence-corrected chi connectivity index (χ3v) is 1.91. The van der Waals surface area contributed by atoms with Gasteiger partial charge in [-0.1, -0.05) is 0 Å². The maximum Gasteiger partial charge on any atom is 0.0600 e. The predicted molar refractivity (Wildman–Crippen MR) is 61.8 cm³/mol. The molecule has 0 aliphatic rings. The van der Waals surface area contributed by atoms with Crippen LogP contribution in [0.5, 0.6) is 0 Å². The zero-order valence-electron chi connectivity index (χ0n) is 9.70. The van der Waals surface area contributed by atoms with Gasteiger partial charge < -0.3 is 4.98 Å². The predicted octanol–water partition coefficient (Wildman–Crippen LogP) is 2.72. The average molecular weight is 203 g/mol. The van der Waals surface area contributed by atoms with E-state index in [1.165, 1.54) is 11.4 Å². The van der Waals surface area contributed by atoms with Crippen molar-refractivity contribution in [2.75, 3.05) is 0 Å². The van der Waals surface area contributed by atoms with Crippen LogP contribution in [-0.2, 0) is 0 Å². The molecule has 0 aromatic carbocycles. The van der Waals surface area contributed by atoms with E-state index in [1.807, 2.05) is 39.8 Å². The molecule has 80 valence electrons. The van der Waals surface area contributed by atoms with Crippen LogP contribution in [0.25, 0.3) is 0 Å². The van der Waals surface area contributed by atoms with E-state index in [4.69, 9.17) is 0 Å². The van der Waals surface area contributed by atoms with E-state index in [2.05, 4.69) is 27.3 Å². The molecule has 0 radical (unpaired) electrons. The van der Waals surface area contributed by atoms with Crippen LogP contribution in [0.1, 0.15) is 22.8 Å². The third kappa shape index (κ3) is 4.40. The summed E-state index contributed by atoms with van der Waals surface area (Å²) in [6.45, 7) is 7.94. The molecular weight excluding hydrogens is 186 g/mol. The highest BCUT2D eigenvalue weighted by Crippen LogP contribution is 1.95. The van der Waals surface area contributed by atoms with E-state index in [0.717, 1.165) is 11.4 Å². The van der Waals surface area contributed by atoms with E-state index in [1.54, 1.807) is 0 Å². The second kappa shape index (κ2) is 5.29. The molecule has 0 spiro atoms. The average Bonchev–Trinajstić information content (AvgIpc) is 2.56. The van der Waals surface area contributed by atoms with Gasteiger partial charge in [-0.3, -0.25) is 0 Å². The summed E-state index contributed by atoms with van der Waals surface area (Å²) in [6, 6.07) is 8.02. The first-order valence-electron chi connectivity index (χ1n) is 4.97. The van der Waals surface area contributed by atoms with Gasteiger partial charge in [-0.25, -0.2) is 0 Å². The number of aromatic nitrogens is 3. The van der Waals surface area contributed by atoms with Gasteiger partial charge >= 0.3 is 0 Å². The molecule has 3 nitrogen and oxygen atoms in total. The lowest BCUT2D eigenvalue weighted by Crippen LogP contribution is -1.86. The van der Waals surface area contributed by atoms with Crippen molar-refractivity contribution in [3.05, 3.63) is 47.0 Å². The topological polar surface area (TPSA) is 41.6 Å². The van der Waals surface area contributed by atoms with Crippen molar-refractivity contribution < 1.29 is 0 Å². The molecular formula is C12H17N3. The lowest BCUT2D eigenvalue weighted by molar-refractivity contribution is 0.941. The van der Waals surface area contributed by atoms with Crippen LogP contribution in [-0.4, -0.2) is 15.2 Å². The summed E-state index contributed by atoms with van der Waals surface area (Å²) in [4.78, 5) is 3.14. The fourth-order valence-corrected chi connectivity index (χ4v) is 1.11. The molecule has 2 rings (SSSR count). The Bertz CT molecular complexity index is 364. The van der Waals surface area contributed by atoms with Crippen LogP contribution < -0.4 is 0 Å². The number of rotatable bonds is 0. The zero-order valence-corrected chi connectivity index (χ0v) is 9.70. The molecule has 0 amide bonds. The maximum absolute atomic E-state index is 3.83. The second-order valence-electron chi connectivity index (χ2n) is 3.64. The summed E-state index contributed by atoms with van der Waals surface area (Å²) in [6.07, 6.45) is 0. The van der Waals surface area contributed by atoms with Crippen LogP contribution in [0.3, 0.4) is 0 Å². The van der Waals surface area contributed by atoms with Crippen LogP contribution in [0.15, 0.2) is 24.3 Å². The van der Waals surface area contributed by atoms with Crippen LogP contribution >= 0.6 is 0 Å². The molecule has 1 N–H and O–H groups in total. The Morgan fingerprint density at radius 3 is 1.33 bits per heavy atom. The van der Waals surface area contributed by atoms with Crippen LogP contribution in [0, 0.1) is 27.7 Å². The van der Waals surface area contributed by atoms with Gasteiger partial charge in [0.1, 0.15) is 0 Å². The highest BCUT2D eigenvalue weighted by atomic mass is 15.1. The summed E-state index contributed by atoms with van der Waals surface area (Å²) in [5.74, 6) is 0. The summed E-state index contributed by atoms with van der Waals surface area (Å²) in [5, 5.41) is 7.66. The highest BCUT2D eigenvalue weighted by Gasteiger charge is 1.83. The summed E-state index contributed by atoms with van der Waals surface area (Å²) >= 11 is 0. The molecule has 0 saturated carbocycles. The Balaban J connectivity index is 0.000000151. The Hall–Kier alpha value is -1.64. The number of H-pyrrole nitrogens is 1. The second-order valence-corrected chi connectivity index (χ2v) is 3.64. The molecule has 0 unspecified atom stereocenters. The van der Waals surface area contributed by atoms with Crippen molar-refractivity contribution in [3.8, 4) is 0 Å². The van der Waals surface area contributed by atoms with E-state index in [0.29, 0.717) is 0 Å². The number of nitrogens with one attached hydrogen (secondary N) is 1. The molecule has 2 aromatic heterocycles. The van der Waals surface area contributed by atoms with Gasteiger partial charge in [-0.05, 0) is 52.0 Å². The quantitative estimate of drug-likeness (QED) is 0.715. The summed E-state index contributed by atoms with van der Waals surface area (Å²) < 4.78 is 0. The molecule has 0 fully saturated rings. The lowest BCUT2D eigenvalue weighted by atomic mass is 10.4. The minimum absolute atomic E-state index is 0.968. The number of aryl methyl sites for hydroxylation is 4. The number of hydrogen-bond acceptors (Lipinski definition) is 2. The first-order valence-corrected chi connectivity index (χ1v) is 4.97. The SMILES string of the molecule is Cc1ccc(C)[nH]1.Cc1ccc(C)nn1. The van der Waals surface area contributed by atoms with Crippen molar-refractivity contribution in [1.29, 1.82) is 0 Å². The van der Waals surface area contributed by atoms with Gasteiger partial charge in [0.15, 0.2) is 0 Å². The van der Waals surface area contributed by atoms with Gasteiger partial charge in [0.2, 0.25) is 0 Å². The first kappa shape index (κ1) is 11.4. The Morgan fingerprint density at radius 1 is 0.733 bits per heavy atom. The number of nitrogens with zero attached hydrogens (tertiary/aromatic N) is 2. The molecule has 0 atom stereocenters. The van der Waals surface area contributed by atoms with Gasteiger partial charge in [0, 0.05) is 11.4 Å². The largest absolute Gasteiger partial charge is 0.363 e. The molecule has 2 heterocycles. The molecule has 0 aliphatic heterocycles. The highest BCUT2D eigenvalue weighted by molar-refractivity contribution is 5.09. The van der Waals surface area contributed by atoms with Gasteiger partial charge in [0.05, 0.1) is 11.4 Å². The Kier molecular flexibility index (Phi) is 4.03. The van der Waals surface area contributed by atoms with Crippen molar-refractivity contribution in [3.63, 3.8) is 0 Å². The number of aromatic amines is 1. The van der Waals surface area contributed by atoms with E-state index < -0.39 is 0 Å². The zero-order chi connectivity index (χ0) is 11.3. The van der Waals surface area contributed by atoms with Crippen molar-refractivity contribution >= 4 is 0 Å². The van der Waals surface area contributed by atoms with Crippen LogP contribution in [0.2, 0.25) is 0 Å². The van der Waals surface area contributed by atoms with Gasteiger partial charge in [-0.15, -0.1) is 0 Å². The minimum atomic E-state index is 0.968. The summed E-state index contributed by atoms with van der Waals surface area (Å²) in [5.41, 5.74) is 4.40. The lowest BCUT2D eigenvalue weighted by Gasteiger charge is -1.87. The van der Waals surface area contributed by atoms with E-state index in [9.17, 15) is 0 Å². The maximum atomic E-state index is 3.83. The van der Waals surface area contributed by atoms with E-state index >= 15 is 0 Å². The molecule has 3 heteroatoms. The monoisotopic (exact) mass is 203 g/mol. The Labute approximate surface area is 90.6 Å². The smallest absolute Gasteiger partial charge is 0.0600 e. The molecule has 2 aromatic rings. The summed E-state index contributed by atoms with van der Waals surface area (Å²) in [7, 11) is 0. The molecule has 0 aliphatic carbocycles. The van der Waals surface area contributed by atoms with Crippen molar-refractivity contribution in [2.45, 2.75) is 27.7 Å². The first-order chi connectivity index (χ1) is 7.08. The number of hydrogen-bond donors (Lipinski definition) is 1. The Morgan fingerprint density at radius 2 is 1.13 bits per heavy atom. The van der Waals surface area contributed by atoms with Crippen molar-refractivity contribution in [1.82, 2.24) is 15.2 Å².